The molecule has 0 aliphatic carbocycles. The number of nitrogens with zero attached hydrogens (tertiary/aromatic N) is 2. The van der Waals surface area contributed by atoms with E-state index < -0.39 is 17.4 Å². The van der Waals surface area contributed by atoms with E-state index >= 15 is 0 Å². The summed E-state index contributed by atoms with van der Waals surface area (Å²) < 4.78 is 43.1. The van der Waals surface area contributed by atoms with E-state index in [1.165, 1.54) is 14.2 Å². The fourth-order valence-corrected chi connectivity index (χ4v) is 1.51. The van der Waals surface area contributed by atoms with Crippen molar-refractivity contribution in [2.24, 2.45) is 0 Å². The van der Waals surface area contributed by atoms with Crippen molar-refractivity contribution in [2.45, 2.75) is 25.6 Å². The lowest BCUT2D eigenvalue weighted by molar-refractivity contribution is -0.141. The summed E-state index contributed by atoms with van der Waals surface area (Å²) in [5, 5.41) is 5.39. The number of anilines is 2. The standard InChI is InChI=1S/C11H17F3N4O/c1-10(2,6-19-4)18-8-5-7(11(12,13)14)16-9(15-3)17-8/h5H,6H2,1-4H3,(H2,15,16,17,18). The van der Waals surface area contributed by atoms with Crippen LogP contribution in [0.15, 0.2) is 6.07 Å². The van der Waals surface area contributed by atoms with Crippen molar-refractivity contribution in [1.29, 1.82) is 0 Å². The fourth-order valence-electron chi connectivity index (χ4n) is 1.51. The maximum atomic E-state index is 12.7. The summed E-state index contributed by atoms with van der Waals surface area (Å²) in [7, 11) is 2.98. The lowest BCUT2D eigenvalue weighted by Crippen LogP contribution is -2.36. The molecule has 8 heteroatoms. The van der Waals surface area contributed by atoms with Crippen LogP contribution < -0.4 is 10.6 Å². The lowest BCUT2D eigenvalue weighted by Gasteiger charge is -2.26. The van der Waals surface area contributed by atoms with Gasteiger partial charge in [-0.2, -0.15) is 18.2 Å². The summed E-state index contributed by atoms with van der Waals surface area (Å²) in [5.74, 6) is -0.000679. The summed E-state index contributed by atoms with van der Waals surface area (Å²) in [6.07, 6.45) is -4.52. The molecule has 19 heavy (non-hydrogen) atoms. The second kappa shape index (κ2) is 5.60. The van der Waals surface area contributed by atoms with Gasteiger partial charge in [0.25, 0.3) is 0 Å². The normalized spacial score (nSPS) is 12.4. The van der Waals surface area contributed by atoms with Crippen LogP contribution in [0, 0.1) is 0 Å². The monoisotopic (exact) mass is 278 g/mol. The number of hydrogen-bond acceptors (Lipinski definition) is 5. The van der Waals surface area contributed by atoms with Crippen LogP contribution in [0.5, 0.6) is 0 Å². The molecule has 0 aliphatic rings. The molecule has 0 saturated heterocycles. The van der Waals surface area contributed by atoms with Gasteiger partial charge in [0.1, 0.15) is 5.82 Å². The van der Waals surface area contributed by atoms with Crippen LogP contribution in [0.25, 0.3) is 0 Å². The number of hydrogen-bond donors (Lipinski definition) is 2. The number of rotatable bonds is 5. The fraction of sp³-hybridized carbons (Fsp3) is 0.636. The quantitative estimate of drug-likeness (QED) is 0.866. The summed E-state index contributed by atoms with van der Waals surface area (Å²) in [6, 6.07) is 0.873. The number of methoxy groups -OCH3 is 1. The van der Waals surface area contributed by atoms with Crippen molar-refractivity contribution < 1.29 is 17.9 Å². The summed E-state index contributed by atoms with van der Waals surface area (Å²) in [5.41, 5.74) is -1.54. The van der Waals surface area contributed by atoms with Crippen LogP contribution >= 0.6 is 0 Å². The van der Waals surface area contributed by atoms with Gasteiger partial charge in [0, 0.05) is 20.2 Å². The second-order valence-corrected chi connectivity index (χ2v) is 4.65. The van der Waals surface area contributed by atoms with Gasteiger partial charge in [-0.25, -0.2) is 4.98 Å². The molecule has 0 amide bonds. The molecule has 0 fully saturated rings. The topological polar surface area (TPSA) is 59.1 Å². The van der Waals surface area contributed by atoms with Gasteiger partial charge in [-0.1, -0.05) is 0 Å². The van der Waals surface area contributed by atoms with Crippen molar-refractivity contribution in [2.75, 3.05) is 31.4 Å². The first kappa shape index (κ1) is 15.5. The van der Waals surface area contributed by atoms with Crippen molar-refractivity contribution in [3.63, 3.8) is 0 Å². The molecule has 0 radical (unpaired) electrons. The number of halogens is 3. The molecule has 1 aromatic rings. The zero-order valence-corrected chi connectivity index (χ0v) is 11.2. The molecule has 1 heterocycles. The Balaban J connectivity index is 3.07. The Morgan fingerprint density at radius 2 is 1.89 bits per heavy atom. The van der Waals surface area contributed by atoms with Gasteiger partial charge in [-0.3, -0.25) is 0 Å². The number of nitrogens with one attached hydrogen (secondary N) is 2. The van der Waals surface area contributed by atoms with Gasteiger partial charge >= 0.3 is 6.18 Å². The van der Waals surface area contributed by atoms with Crippen LogP contribution in [0.4, 0.5) is 24.9 Å². The summed E-state index contributed by atoms with van der Waals surface area (Å²) in [6.45, 7) is 3.92. The molecule has 108 valence electrons. The van der Waals surface area contributed by atoms with Crippen molar-refractivity contribution in [3.05, 3.63) is 11.8 Å². The highest BCUT2D eigenvalue weighted by Gasteiger charge is 2.34. The molecular weight excluding hydrogens is 261 g/mol. The van der Waals surface area contributed by atoms with E-state index in [2.05, 4.69) is 20.6 Å². The molecule has 1 rings (SSSR count). The van der Waals surface area contributed by atoms with E-state index in [0.717, 1.165) is 6.07 Å². The van der Waals surface area contributed by atoms with Crippen molar-refractivity contribution in [1.82, 2.24) is 9.97 Å². The van der Waals surface area contributed by atoms with E-state index in [4.69, 9.17) is 4.74 Å². The van der Waals surface area contributed by atoms with Crippen LogP contribution in [-0.4, -0.2) is 36.3 Å². The average molecular weight is 278 g/mol. The summed E-state index contributed by atoms with van der Waals surface area (Å²) in [4.78, 5) is 7.32. The van der Waals surface area contributed by atoms with Crippen LogP contribution in [-0.2, 0) is 10.9 Å². The first-order valence-electron chi connectivity index (χ1n) is 5.59. The van der Waals surface area contributed by atoms with E-state index in [0.29, 0.717) is 6.61 Å². The zero-order valence-electron chi connectivity index (χ0n) is 11.2. The minimum absolute atomic E-state index is 0.0914. The molecule has 0 aliphatic heterocycles. The highest BCUT2D eigenvalue weighted by Crippen LogP contribution is 2.30. The van der Waals surface area contributed by atoms with Gasteiger partial charge in [0.2, 0.25) is 5.95 Å². The number of aromatic nitrogens is 2. The molecular formula is C11H17F3N4O. The van der Waals surface area contributed by atoms with E-state index in [1.54, 1.807) is 13.8 Å². The first-order valence-corrected chi connectivity index (χ1v) is 5.59. The van der Waals surface area contributed by atoms with Crippen molar-refractivity contribution in [3.8, 4) is 0 Å². The Labute approximate surface area is 109 Å². The van der Waals surface area contributed by atoms with Crippen LogP contribution in [0.3, 0.4) is 0 Å². The van der Waals surface area contributed by atoms with Gasteiger partial charge in [0.05, 0.1) is 12.1 Å². The molecule has 0 spiro atoms. The maximum absolute atomic E-state index is 12.7. The Morgan fingerprint density at radius 1 is 1.26 bits per heavy atom. The molecule has 2 N–H and O–H groups in total. The number of ether oxygens (including phenoxy) is 1. The van der Waals surface area contributed by atoms with Gasteiger partial charge in [-0.15, -0.1) is 0 Å². The first-order chi connectivity index (χ1) is 8.68. The predicted molar refractivity (Wildman–Crippen MR) is 66.2 cm³/mol. The zero-order chi connectivity index (χ0) is 14.7. The van der Waals surface area contributed by atoms with Gasteiger partial charge in [0.15, 0.2) is 5.69 Å². The lowest BCUT2D eigenvalue weighted by atomic mass is 10.1. The highest BCUT2D eigenvalue weighted by molar-refractivity contribution is 5.44. The third-order valence-corrected chi connectivity index (χ3v) is 2.21. The average Bonchev–Trinajstić information content (AvgIpc) is 2.26. The minimum Gasteiger partial charge on any atom is -0.382 e. The Bertz CT molecular complexity index is 434. The smallest absolute Gasteiger partial charge is 0.382 e. The minimum atomic E-state index is -4.52. The molecule has 0 atom stereocenters. The predicted octanol–water partition coefficient (Wildman–Crippen LogP) is 2.37. The van der Waals surface area contributed by atoms with E-state index in [9.17, 15) is 13.2 Å². The molecule has 0 unspecified atom stereocenters. The van der Waals surface area contributed by atoms with Crippen LogP contribution in [0.1, 0.15) is 19.5 Å². The Morgan fingerprint density at radius 3 is 2.37 bits per heavy atom. The van der Waals surface area contributed by atoms with Gasteiger partial charge < -0.3 is 15.4 Å². The highest BCUT2D eigenvalue weighted by atomic mass is 19.4. The molecule has 0 saturated carbocycles. The third-order valence-electron chi connectivity index (χ3n) is 2.21. The second-order valence-electron chi connectivity index (χ2n) is 4.65. The molecule has 5 nitrogen and oxygen atoms in total. The van der Waals surface area contributed by atoms with Gasteiger partial charge in [-0.05, 0) is 13.8 Å². The Kier molecular flexibility index (Phi) is 4.56. The number of alkyl halides is 3. The van der Waals surface area contributed by atoms with E-state index in [-0.39, 0.29) is 11.8 Å². The largest absolute Gasteiger partial charge is 0.433 e. The molecule has 1 aromatic heterocycles. The van der Waals surface area contributed by atoms with Crippen molar-refractivity contribution >= 4 is 11.8 Å². The molecule has 0 aromatic carbocycles. The summed E-state index contributed by atoms with van der Waals surface area (Å²) >= 11 is 0. The van der Waals surface area contributed by atoms with E-state index in [1.807, 2.05) is 0 Å². The molecule has 0 bridgehead atoms. The maximum Gasteiger partial charge on any atom is 0.433 e. The third kappa shape index (κ3) is 4.55. The van der Waals surface area contributed by atoms with Crippen LogP contribution in [0.2, 0.25) is 0 Å². The Hall–Kier alpha value is -1.57. The SMILES string of the molecule is CNc1nc(NC(C)(C)COC)cc(C(F)(F)F)n1.